The number of nitrogens with zero attached hydrogens (tertiary/aromatic N) is 1. The average Bonchev–Trinajstić information content (AvgIpc) is 2.35. The van der Waals surface area contributed by atoms with Crippen molar-refractivity contribution < 1.29 is 14.1 Å². The van der Waals surface area contributed by atoms with Crippen LogP contribution in [0.1, 0.15) is 20.3 Å². The Bertz CT molecular complexity index is 450. The van der Waals surface area contributed by atoms with Gasteiger partial charge in [-0.1, -0.05) is 13.8 Å². The van der Waals surface area contributed by atoms with Crippen molar-refractivity contribution in [1.82, 2.24) is 0 Å². The minimum atomic E-state index is -0.616. The highest BCUT2D eigenvalue weighted by Gasteiger charge is 2.18. The van der Waals surface area contributed by atoms with Gasteiger partial charge in [0.2, 0.25) is 0 Å². The van der Waals surface area contributed by atoms with Gasteiger partial charge in [-0.05, 0) is 17.9 Å². The van der Waals surface area contributed by atoms with E-state index in [1.807, 2.05) is 13.8 Å². The molecular weight excluding hydrogens is 251 g/mol. The fourth-order valence-electron chi connectivity index (χ4n) is 1.56. The molecule has 0 amide bonds. The van der Waals surface area contributed by atoms with Crippen LogP contribution in [-0.2, 0) is 4.74 Å². The molecule has 0 heterocycles. The molecule has 0 aromatic heterocycles. The first-order chi connectivity index (χ1) is 8.85. The zero-order valence-corrected chi connectivity index (χ0v) is 11.4. The summed E-state index contributed by atoms with van der Waals surface area (Å²) in [4.78, 5) is 9.89. The van der Waals surface area contributed by atoms with E-state index in [-0.39, 0.29) is 16.8 Å². The second-order valence-electron chi connectivity index (χ2n) is 5.18. The lowest BCUT2D eigenvalue weighted by atomic mass is 9.89. The Hall–Kier alpha value is -1.69. The highest BCUT2D eigenvalue weighted by atomic mass is 19.1. The molecule has 0 bridgehead atoms. The predicted octanol–water partition coefficient (Wildman–Crippen LogP) is 3.21. The second-order valence-corrected chi connectivity index (χ2v) is 5.18. The van der Waals surface area contributed by atoms with Crippen LogP contribution < -0.4 is 5.32 Å². The van der Waals surface area contributed by atoms with Crippen LogP contribution in [0.2, 0.25) is 0 Å². The maximum Gasteiger partial charge on any atom is 0.272 e. The number of hydrogen-bond acceptors (Lipinski definition) is 4. The molecule has 1 aromatic rings. The van der Waals surface area contributed by atoms with Crippen LogP contribution in [0.4, 0.5) is 15.8 Å². The molecule has 0 radical (unpaired) electrons. The fourth-order valence-corrected chi connectivity index (χ4v) is 1.56. The molecule has 0 saturated carbocycles. The molecule has 1 rings (SSSR count). The van der Waals surface area contributed by atoms with Gasteiger partial charge in [-0.3, -0.25) is 10.1 Å². The number of anilines is 1. The Labute approximate surface area is 111 Å². The number of benzene rings is 1. The normalized spacial score (nSPS) is 11.4. The first kappa shape index (κ1) is 15.4. The number of methoxy groups -OCH3 is 1. The van der Waals surface area contributed by atoms with E-state index in [1.165, 1.54) is 12.1 Å². The summed E-state index contributed by atoms with van der Waals surface area (Å²) in [6.45, 7) is 5.28. The van der Waals surface area contributed by atoms with Crippen molar-refractivity contribution in [1.29, 1.82) is 0 Å². The van der Waals surface area contributed by atoms with Crippen molar-refractivity contribution in [3.63, 3.8) is 0 Å². The summed E-state index contributed by atoms with van der Waals surface area (Å²) in [7, 11) is 1.64. The van der Waals surface area contributed by atoms with Crippen LogP contribution in [0, 0.1) is 21.3 Å². The van der Waals surface area contributed by atoms with Gasteiger partial charge in [-0.2, -0.15) is 0 Å². The SMILES string of the molecule is COCCC(C)(C)CNc1ccc([N+](=O)[O-])cc1F. The van der Waals surface area contributed by atoms with Gasteiger partial charge >= 0.3 is 0 Å². The number of nitro groups is 1. The topological polar surface area (TPSA) is 64.4 Å². The molecule has 6 heteroatoms. The van der Waals surface area contributed by atoms with Gasteiger partial charge in [0.1, 0.15) is 0 Å². The quantitative estimate of drug-likeness (QED) is 0.610. The van der Waals surface area contributed by atoms with Crippen molar-refractivity contribution in [2.45, 2.75) is 20.3 Å². The smallest absolute Gasteiger partial charge is 0.272 e. The van der Waals surface area contributed by atoms with Gasteiger partial charge in [0.25, 0.3) is 5.69 Å². The Morgan fingerprint density at radius 2 is 2.16 bits per heavy atom. The summed E-state index contributed by atoms with van der Waals surface area (Å²) in [5.41, 5.74) is -0.0256. The Kier molecular flexibility index (Phi) is 5.23. The zero-order chi connectivity index (χ0) is 14.5. The molecule has 1 N–H and O–H groups in total. The van der Waals surface area contributed by atoms with E-state index in [2.05, 4.69) is 5.32 Å². The largest absolute Gasteiger partial charge is 0.385 e. The summed E-state index contributed by atoms with van der Waals surface area (Å²) in [6, 6.07) is 3.60. The molecule has 5 nitrogen and oxygen atoms in total. The van der Waals surface area contributed by atoms with Crippen LogP contribution in [0.5, 0.6) is 0 Å². The molecule has 0 unspecified atom stereocenters. The highest BCUT2D eigenvalue weighted by Crippen LogP contribution is 2.24. The molecule has 0 aliphatic carbocycles. The van der Waals surface area contributed by atoms with Crippen molar-refractivity contribution >= 4 is 11.4 Å². The number of ether oxygens (including phenoxy) is 1. The van der Waals surface area contributed by atoms with E-state index in [0.717, 1.165) is 12.5 Å². The number of halogens is 1. The van der Waals surface area contributed by atoms with Crippen molar-refractivity contribution in [2.24, 2.45) is 5.41 Å². The van der Waals surface area contributed by atoms with Gasteiger partial charge in [-0.25, -0.2) is 4.39 Å². The minimum Gasteiger partial charge on any atom is -0.385 e. The first-order valence-electron chi connectivity index (χ1n) is 6.02. The van der Waals surface area contributed by atoms with E-state index < -0.39 is 10.7 Å². The predicted molar refractivity (Wildman–Crippen MR) is 71.8 cm³/mol. The first-order valence-corrected chi connectivity index (χ1v) is 6.02. The van der Waals surface area contributed by atoms with Crippen molar-refractivity contribution in [3.8, 4) is 0 Å². The fraction of sp³-hybridized carbons (Fsp3) is 0.538. The highest BCUT2D eigenvalue weighted by molar-refractivity contribution is 5.50. The van der Waals surface area contributed by atoms with Gasteiger partial charge in [0, 0.05) is 26.3 Å². The van der Waals surface area contributed by atoms with Crippen molar-refractivity contribution in [3.05, 3.63) is 34.1 Å². The van der Waals surface area contributed by atoms with Crippen LogP contribution in [0.3, 0.4) is 0 Å². The molecule has 106 valence electrons. The van der Waals surface area contributed by atoms with E-state index in [4.69, 9.17) is 4.74 Å². The third kappa shape index (κ3) is 4.82. The molecule has 19 heavy (non-hydrogen) atoms. The maximum atomic E-state index is 13.6. The van der Waals surface area contributed by atoms with Crippen LogP contribution >= 0.6 is 0 Å². The maximum absolute atomic E-state index is 13.6. The average molecular weight is 270 g/mol. The van der Waals surface area contributed by atoms with Crippen LogP contribution in [0.15, 0.2) is 18.2 Å². The molecule has 0 aliphatic heterocycles. The molecule has 0 fully saturated rings. The third-order valence-electron chi connectivity index (χ3n) is 2.90. The van der Waals surface area contributed by atoms with E-state index in [9.17, 15) is 14.5 Å². The minimum absolute atomic E-state index is 0.0514. The van der Waals surface area contributed by atoms with E-state index in [0.29, 0.717) is 13.2 Å². The van der Waals surface area contributed by atoms with Crippen LogP contribution in [0.25, 0.3) is 0 Å². The zero-order valence-electron chi connectivity index (χ0n) is 11.4. The summed E-state index contributed by atoms with van der Waals surface area (Å²) in [5.74, 6) is -0.614. The summed E-state index contributed by atoms with van der Waals surface area (Å²) >= 11 is 0. The molecule has 0 atom stereocenters. The van der Waals surface area contributed by atoms with E-state index in [1.54, 1.807) is 7.11 Å². The molecule has 1 aromatic carbocycles. The lowest BCUT2D eigenvalue weighted by Crippen LogP contribution is -2.25. The standard InChI is InChI=1S/C13H19FN2O3/c1-13(2,6-7-19-3)9-15-12-5-4-10(16(17)18)8-11(12)14/h4-5,8,15H,6-7,9H2,1-3H3. The van der Waals surface area contributed by atoms with Crippen LogP contribution in [-0.4, -0.2) is 25.2 Å². The van der Waals surface area contributed by atoms with Gasteiger partial charge in [0.15, 0.2) is 5.82 Å². The Morgan fingerprint density at radius 3 is 2.68 bits per heavy atom. The van der Waals surface area contributed by atoms with Gasteiger partial charge in [0.05, 0.1) is 16.7 Å². The summed E-state index contributed by atoms with van der Waals surface area (Å²) < 4.78 is 18.7. The molecule has 0 aliphatic rings. The monoisotopic (exact) mass is 270 g/mol. The Balaban J connectivity index is 2.65. The third-order valence-corrected chi connectivity index (χ3v) is 2.90. The molecular formula is C13H19FN2O3. The van der Waals surface area contributed by atoms with Gasteiger partial charge < -0.3 is 10.1 Å². The Morgan fingerprint density at radius 1 is 1.47 bits per heavy atom. The lowest BCUT2D eigenvalue weighted by molar-refractivity contribution is -0.385. The lowest BCUT2D eigenvalue weighted by Gasteiger charge is -2.25. The number of non-ortho nitro benzene ring substituents is 1. The number of nitro benzene ring substituents is 1. The summed E-state index contributed by atoms with van der Waals surface area (Å²) in [5, 5.41) is 13.5. The van der Waals surface area contributed by atoms with Crippen molar-refractivity contribution in [2.75, 3.05) is 25.6 Å². The number of nitrogens with one attached hydrogen (secondary N) is 1. The molecule has 0 saturated heterocycles. The second kappa shape index (κ2) is 6.47. The van der Waals surface area contributed by atoms with E-state index >= 15 is 0 Å². The number of hydrogen-bond donors (Lipinski definition) is 1. The number of rotatable bonds is 7. The van der Waals surface area contributed by atoms with Gasteiger partial charge in [-0.15, -0.1) is 0 Å². The molecule has 0 spiro atoms. The summed E-state index contributed by atoms with van der Waals surface area (Å²) in [6.07, 6.45) is 0.838.